The van der Waals surface area contributed by atoms with Gasteiger partial charge in [0, 0.05) is 29.6 Å². The maximum atomic E-state index is 11.4. The molecule has 0 amide bonds. The molecule has 0 saturated heterocycles. The predicted octanol–water partition coefficient (Wildman–Crippen LogP) is 6.03. The van der Waals surface area contributed by atoms with Crippen LogP contribution in [0.5, 0.6) is 5.75 Å². The molecule has 0 aliphatic heterocycles. The van der Waals surface area contributed by atoms with Crippen molar-refractivity contribution in [2.24, 2.45) is 0 Å². The zero-order valence-corrected chi connectivity index (χ0v) is 18.3. The molecule has 2 aromatic carbocycles. The van der Waals surface area contributed by atoms with Crippen LogP contribution in [0.25, 0.3) is 21.8 Å². The normalized spacial score (nSPS) is 12.2. The number of fused-ring (bicyclic) bond motifs is 3. The average molecular weight is 394 g/mol. The van der Waals surface area contributed by atoms with Gasteiger partial charge in [0.1, 0.15) is 11.9 Å². The fraction of sp³-hybridized carbons (Fsp3) is 0.400. The molecule has 0 spiro atoms. The van der Waals surface area contributed by atoms with Crippen LogP contribution in [0.3, 0.4) is 0 Å². The van der Waals surface area contributed by atoms with Gasteiger partial charge in [-0.25, -0.2) is 0 Å². The Bertz CT molecular complexity index is 1070. The Morgan fingerprint density at radius 2 is 1.93 bits per heavy atom. The topological polar surface area (TPSA) is 51.3 Å². The van der Waals surface area contributed by atoms with Gasteiger partial charge < -0.3 is 14.5 Å². The summed E-state index contributed by atoms with van der Waals surface area (Å²) < 4.78 is 11.3. The third-order valence-corrected chi connectivity index (χ3v) is 5.21. The molecule has 0 fully saturated rings. The van der Waals surface area contributed by atoms with Crippen LogP contribution < -0.4 is 4.74 Å². The molecule has 3 aromatic rings. The van der Waals surface area contributed by atoms with Gasteiger partial charge in [0.15, 0.2) is 0 Å². The molecule has 0 saturated carbocycles. The Morgan fingerprint density at radius 3 is 2.59 bits per heavy atom. The second-order valence-electron chi connectivity index (χ2n) is 7.95. The first-order valence-corrected chi connectivity index (χ1v) is 10.3. The highest BCUT2D eigenvalue weighted by Crippen LogP contribution is 2.36. The molecular formula is C25H31NO3. The summed E-state index contributed by atoms with van der Waals surface area (Å²) in [5.41, 5.74) is 7.04. The van der Waals surface area contributed by atoms with E-state index in [9.17, 15) is 4.79 Å². The molecule has 4 nitrogen and oxygen atoms in total. The number of carbonyl (C=O) groups excluding carboxylic acids is 1. The minimum Gasteiger partial charge on any atom is -0.494 e. The summed E-state index contributed by atoms with van der Waals surface area (Å²) in [6.45, 7) is 12.3. The minimum absolute atomic E-state index is 0.203. The van der Waals surface area contributed by atoms with Crippen LogP contribution in [-0.4, -0.2) is 23.7 Å². The number of hydrogen-bond acceptors (Lipinski definition) is 3. The lowest BCUT2D eigenvalue weighted by molar-refractivity contribution is -0.145. The molecule has 0 aliphatic carbocycles. The fourth-order valence-corrected chi connectivity index (χ4v) is 3.85. The van der Waals surface area contributed by atoms with Gasteiger partial charge in [0.05, 0.1) is 12.1 Å². The van der Waals surface area contributed by atoms with Crippen molar-refractivity contribution in [3.63, 3.8) is 0 Å². The van der Waals surface area contributed by atoms with E-state index in [2.05, 4.69) is 56.1 Å². The van der Waals surface area contributed by atoms with Crippen molar-refractivity contribution in [2.75, 3.05) is 6.61 Å². The second-order valence-corrected chi connectivity index (χ2v) is 7.95. The number of H-pyrrole nitrogens is 1. The molecule has 4 heteroatoms. The van der Waals surface area contributed by atoms with Crippen LogP contribution in [-0.2, 0) is 22.4 Å². The van der Waals surface area contributed by atoms with Crippen LogP contribution in [0, 0.1) is 6.92 Å². The van der Waals surface area contributed by atoms with Gasteiger partial charge in [0.25, 0.3) is 0 Å². The minimum atomic E-state index is -0.257. The van der Waals surface area contributed by atoms with Crippen LogP contribution in [0.2, 0.25) is 0 Å². The Hall–Kier alpha value is -2.75. The first kappa shape index (κ1) is 21.0. The molecule has 1 N–H and O–H groups in total. The van der Waals surface area contributed by atoms with E-state index in [0.29, 0.717) is 13.0 Å². The Kier molecular flexibility index (Phi) is 6.31. The summed E-state index contributed by atoms with van der Waals surface area (Å²) in [7, 11) is 0. The molecule has 0 bridgehead atoms. The van der Waals surface area contributed by atoms with E-state index in [-0.39, 0.29) is 12.1 Å². The fourth-order valence-electron chi connectivity index (χ4n) is 3.85. The zero-order chi connectivity index (χ0) is 21.1. The number of esters is 1. The number of carbonyl (C=O) groups is 1. The molecule has 3 rings (SSSR count). The van der Waals surface area contributed by atoms with Crippen molar-refractivity contribution in [2.45, 2.75) is 60.5 Å². The van der Waals surface area contributed by atoms with Crippen molar-refractivity contribution < 1.29 is 14.3 Å². The molecule has 154 valence electrons. The first-order valence-electron chi connectivity index (χ1n) is 10.3. The summed E-state index contributed by atoms with van der Waals surface area (Å²) in [6.07, 6.45) is 3.61. The van der Waals surface area contributed by atoms with E-state index in [0.717, 1.165) is 39.7 Å². The molecule has 0 radical (unpaired) electrons. The van der Waals surface area contributed by atoms with E-state index < -0.39 is 0 Å². The Morgan fingerprint density at radius 1 is 1.17 bits per heavy atom. The van der Waals surface area contributed by atoms with Crippen molar-refractivity contribution in [1.82, 2.24) is 4.98 Å². The Balaban J connectivity index is 2.17. The van der Waals surface area contributed by atoms with Crippen molar-refractivity contribution >= 4 is 27.8 Å². The van der Waals surface area contributed by atoms with Gasteiger partial charge in [-0.2, -0.15) is 0 Å². The number of rotatable bonds is 7. The Labute approximate surface area is 172 Å². The monoisotopic (exact) mass is 393 g/mol. The lowest BCUT2D eigenvalue weighted by atomic mass is 9.97. The number of nitrogens with one attached hydrogen (secondary N) is 1. The highest BCUT2D eigenvalue weighted by atomic mass is 16.5. The molecular weight excluding hydrogens is 362 g/mol. The van der Waals surface area contributed by atoms with Crippen LogP contribution in [0.4, 0.5) is 0 Å². The maximum absolute atomic E-state index is 11.4. The van der Waals surface area contributed by atoms with Crippen molar-refractivity contribution in [3.05, 3.63) is 52.6 Å². The van der Waals surface area contributed by atoms with Crippen molar-refractivity contribution in [3.8, 4) is 5.75 Å². The lowest BCUT2D eigenvalue weighted by Gasteiger charge is -2.17. The summed E-state index contributed by atoms with van der Waals surface area (Å²) in [5.74, 6) is 0.633. The summed E-state index contributed by atoms with van der Waals surface area (Å²) in [6, 6.07) is 8.72. The molecule has 1 aromatic heterocycles. The van der Waals surface area contributed by atoms with Crippen LogP contribution in [0.15, 0.2) is 35.9 Å². The number of allylic oxidation sites excluding steroid dienone is 2. The molecule has 0 aliphatic rings. The van der Waals surface area contributed by atoms with Crippen LogP contribution in [0.1, 0.15) is 51.3 Å². The lowest BCUT2D eigenvalue weighted by Crippen LogP contribution is -2.16. The van der Waals surface area contributed by atoms with E-state index in [1.807, 2.05) is 13.8 Å². The zero-order valence-electron chi connectivity index (χ0n) is 18.3. The first-order chi connectivity index (χ1) is 13.8. The van der Waals surface area contributed by atoms with Gasteiger partial charge in [-0.1, -0.05) is 17.7 Å². The highest BCUT2D eigenvalue weighted by Gasteiger charge is 2.18. The summed E-state index contributed by atoms with van der Waals surface area (Å²) >= 11 is 0. The SMILES string of the molecule is CCOc1cc2c([nH]c3ccc(CC=C(C)C)cc32)c(CC(C)OC(C)=O)c1C. The number of ether oxygens (including phenoxy) is 2. The van der Waals surface area contributed by atoms with E-state index >= 15 is 0 Å². The number of aromatic amines is 1. The maximum Gasteiger partial charge on any atom is 0.302 e. The van der Waals surface area contributed by atoms with E-state index in [1.165, 1.54) is 23.4 Å². The van der Waals surface area contributed by atoms with Crippen LogP contribution >= 0.6 is 0 Å². The molecule has 1 heterocycles. The van der Waals surface area contributed by atoms with Gasteiger partial charge >= 0.3 is 5.97 Å². The van der Waals surface area contributed by atoms with E-state index in [1.54, 1.807) is 0 Å². The number of benzene rings is 2. The largest absolute Gasteiger partial charge is 0.494 e. The third kappa shape index (κ3) is 4.64. The quantitative estimate of drug-likeness (QED) is 0.394. The smallest absolute Gasteiger partial charge is 0.302 e. The van der Waals surface area contributed by atoms with E-state index in [4.69, 9.17) is 9.47 Å². The molecule has 1 atom stereocenters. The predicted molar refractivity (Wildman–Crippen MR) is 120 cm³/mol. The van der Waals surface area contributed by atoms with Gasteiger partial charge in [0.2, 0.25) is 0 Å². The van der Waals surface area contributed by atoms with Gasteiger partial charge in [-0.3, -0.25) is 4.79 Å². The van der Waals surface area contributed by atoms with Gasteiger partial charge in [-0.05, 0) is 75.9 Å². The highest BCUT2D eigenvalue weighted by molar-refractivity contribution is 6.09. The summed E-state index contributed by atoms with van der Waals surface area (Å²) in [4.78, 5) is 15.0. The molecule has 1 unspecified atom stereocenters. The number of hydrogen-bond donors (Lipinski definition) is 1. The van der Waals surface area contributed by atoms with Crippen molar-refractivity contribution in [1.29, 1.82) is 0 Å². The third-order valence-electron chi connectivity index (χ3n) is 5.21. The number of aromatic nitrogens is 1. The van der Waals surface area contributed by atoms with Gasteiger partial charge in [-0.15, -0.1) is 0 Å². The average Bonchev–Trinajstić information content (AvgIpc) is 3.00. The standard InChI is InChI=1S/C25H31NO3/c1-7-28-24-14-22-21-13-19(9-8-15(2)3)10-11-23(21)26-25(22)20(17(24)5)12-16(4)29-18(6)27/h8,10-11,13-14,16,26H,7,9,12H2,1-6H3. The molecule has 29 heavy (non-hydrogen) atoms. The second kappa shape index (κ2) is 8.73. The summed E-state index contributed by atoms with van der Waals surface area (Å²) in [5, 5.41) is 2.35.